The van der Waals surface area contributed by atoms with Crippen molar-refractivity contribution in [2.24, 2.45) is 0 Å². The average Bonchev–Trinajstić information content (AvgIpc) is 2.73. The van der Waals surface area contributed by atoms with E-state index in [1.54, 1.807) is 0 Å². The van der Waals surface area contributed by atoms with Gasteiger partial charge in [-0.25, -0.2) is 0 Å². The van der Waals surface area contributed by atoms with Crippen molar-refractivity contribution in [3.05, 3.63) is 0 Å². The number of halogens is 1. The first-order valence-electron chi connectivity index (χ1n) is 5.62. The van der Waals surface area contributed by atoms with E-state index < -0.39 is 0 Å². The molecular formula is C11H18BrNOS. The van der Waals surface area contributed by atoms with Crippen LogP contribution in [0.25, 0.3) is 0 Å². The van der Waals surface area contributed by atoms with Crippen LogP contribution in [0.4, 0.5) is 0 Å². The summed E-state index contributed by atoms with van der Waals surface area (Å²) in [7, 11) is 0. The molecular weight excluding hydrogens is 274 g/mol. The predicted molar refractivity (Wildman–Crippen MR) is 68.6 cm³/mol. The van der Waals surface area contributed by atoms with Gasteiger partial charge in [0.15, 0.2) is 0 Å². The van der Waals surface area contributed by atoms with Crippen molar-refractivity contribution in [1.29, 1.82) is 0 Å². The largest absolute Gasteiger partial charge is 0.338 e. The van der Waals surface area contributed by atoms with E-state index in [4.69, 9.17) is 0 Å². The maximum atomic E-state index is 12.4. The summed E-state index contributed by atoms with van der Waals surface area (Å²) in [5.41, 5.74) is 0. The number of likely N-dealkylation sites (tertiary alicyclic amines) is 1. The number of carbonyl (C=O) groups is 1. The molecule has 2 saturated heterocycles. The van der Waals surface area contributed by atoms with Crippen LogP contribution < -0.4 is 0 Å². The minimum atomic E-state index is -0.134. The number of nitrogens with zero attached hydrogens (tertiary/aromatic N) is 1. The van der Waals surface area contributed by atoms with Gasteiger partial charge in [0.2, 0.25) is 5.91 Å². The summed E-state index contributed by atoms with van der Waals surface area (Å²) in [6.07, 6.45) is 3.33. The monoisotopic (exact) mass is 291 g/mol. The highest BCUT2D eigenvalue weighted by molar-refractivity contribution is 9.09. The number of alkyl halides is 1. The fraction of sp³-hybridized carbons (Fsp3) is 0.909. The normalized spacial score (nSPS) is 41.1. The molecule has 15 heavy (non-hydrogen) atoms. The Bertz CT molecular complexity index is 265. The first kappa shape index (κ1) is 11.8. The van der Waals surface area contributed by atoms with Crippen molar-refractivity contribution < 1.29 is 4.79 Å². The molecule has 4 heteroatoms. The molecule has 2 aliphatic heterocycles. The van der Waals surface area contributed by atoms with Crippen molar-refractivity contribution in [1.82, 2.24) is 4.90 Å². The van der Waals surface area contributed by atoms with E-state index in [0.717, 1.165) is 25.1 Å². The van der Waals surface area contributed by atoms with Crippen molar-refractivity contribution in [2.75, 3.05) is 12.3 Å². The predicted octanol–water partition coefficient (Wildman–Crippen LogP) is 2.66. The number of carbonyl (C=O) groups excluding carboxylic acids is 1. The van der Waals surface area contributed by atoms with Crippen LogP contribution in [-0.2, 0) is 4.79 Å². The molecule has 0 aliphatic carbocycles. The molecule has 2 rings (SSSR count). The lowest BCUT2D eigenvalue weighted by Crippen LogP contribution is -2.45. The van der Waals surface area contributed by atoms with E-state index >= 15 is 0 Å². The Balaban J connectivity index is 2.07. The third-order valence-corrected chi connectivity index (χ3v) is 5.63. The summed E-state index contributed by atoms with van der Waals surface area (Å²) in [6.45, 7) is 5.15. The second-order valence-electron chi connectivity index (χ2n) is 4.82. The van der Waals surface area contributed by atoms with Gasteiger partial charge in [0.05, 0.1) is 4.75 Å². The second kappa shape index (κ2) is 4.28. The maximum Gasteiger partial charge on any atom is 0.238 e. The Morgan fingerprint density at radius 2 is 2.33 bits per heavy atom. The van der Waals surface area contributed by atoms with Gasteiger partial charge in [-0.3, -0.25) is 4.79 Å². The van der Waals surface area contributed by atoms with Crippen LogP contribution >= 0.6 is 27.7 Å². The number of thioether (sulfide) groups is 1. The van der Waals surface area contributed by atoms with Gasteiger partial charge in [0, 0.05) is 17.4 Å². The molecule has 0 bridgehead atoms. The van der Waals surface area contributed by atoms with Crippen molar-refractivity contribution in [3.63, 3.8) is 0 Å². The third-order valence-electron chi connectivity index (χ3n) is 3.46. The lowest BCUT2D eigenvalue weighted by atomic mass is 10.0. The number of hydrogen-bond donors (Lipinski definition) is 0. The molecule has 2 aliphatic rings. The van der Waals surface area contributed by atoms with Gasteiger partial charge < -0.3 is 4.90 Å². The van der Waals surface area contributed by atoms with Crippen LogP contribution in [0.1, 0.15) is 33.1 Å². The summed E-state index contributed by atoms with van der Waals surface area (Å²) >= 11 is 5.45. The maximum absolute atomic E-state index is 12.4. The third kappa shape index (κ3) is 2.21. The minimum absolute atomic E-state index is 0.134. The Kier molecular flexibility index (Phi) is 3.36. The van der Waals surface area contributed by atoms with Crippen LogP contribution in [-0.4, -0.2) is 38.7 Å². The van der Waals surface area contributed by atoms with E-state index in [9.17, 15) is 4.79 Å². The number of rotatable bonds is 1. The molecule has 2 fully saturated rings. The zero-order valence-electron chi connectivity index (χ0n) is 9.33. The summed E-state index contributed by atoms with van der Waals surface area (Å²) < 4.78 is -0.134. The van der Waals surface area contributed by atoms with Gasteiger partial charge in [-0.1, -0.05) is 15.9 Å². The zero-order chi connectivity index (χ0) is 11.1. The lowest BCUT2D eigenvalue weighted by Gasteiger charge is -2.30. The zero-order valence-corrected chi connectivity index (χ0v) is 11.7. The quantitative estimate of drug-likeness (QED) is 0.693. The molecule has 0 radical (unpaired) electrons. The summed E-state index contributed by atoms with van der Waals surface area (Å²) in [5, 5.41) is 0. The Morgan fingerprint density at radius 1 is 1.60 bits per heavy atom. The van der Waals surface area contributed by atoms with E-state index in [0.29, 0.717) is 16.8 Å². The van der Waals surface area contributed by atoms with E-state index in [-0.39, 0.29) is 4.75 Å². The van der Waals surface area contributed by atoms with Crippen LogP contribution in [0, 0.1) is 0 Å². The number of amides is 1. The lowest BCUT2D eigenvalue weighted by molar-refractivity contribution is -0.133. The summed E-state index contributed by atoms with van der Waals surface area (Å²) in [4.78, 5) is 15.0. The smallest absolute Gasteiger partial charge is 0.238 e. The highest BCUT2D eigenvalue weighted by Gasteiger charge is 2.43. The molecule has 2 heterocycles. The topological polar surface area (TPSA) is 20.3 Å². The highest BCUT2D eigenvalue weighted by atomic mass is 79.9. The summed E-state index contributed by atoms with van der Waals surface area (Å²) in [6, 6.07) is 0.403. The van der Waals surface area contributed by atoms with Crippen LogP contribution in [0.3, 0.4) is 0 Å². The fourth-order valence-corrected chi connectivity index (χ4v) is 4.62. The van der Waals surface area contributed by atoms with E-state index in [1.165, 1.54) is 6.42 Å². The molecule has 2 nitrogen and oxygen atoms in total. The van der Waals surface area contributed by atoms with E-state index in [1.807, 2.05) is 11.8 Å². The Labute approximate surface area is 104 Å². The van der Waals surface area contributed by atoms with Crippen LogP contribution in [0.15, 0.2) is 0 Å². The first-order valence-corrected chi connectivity index (χ1v) is 7.52. The molecule has 3 unspecified atom stereocenters. The fourth-order valence-electron chi connectivity index (χ4n) is 2.50. The van der Waals surface area contributed by atoms with E-state index in [2.05, 4.69) is 34.7 Å². The van der Waals surface area contributed by atoms with Gasteiger partial charge in [-0.05, 0) is 38.9 Å². The summed E-state index contributed by atoms with van der Waals surface area (Å²) in [5.74, 6) is 1.50. The van der Waals surface area contributed by atoms with Crippen LogP contribution in [0.5, 0.6) is 0 Å². The molecule has 1 amide bonds. The molecule has 3 atom stereocenters. The highest BCUT2D eigenvalue weighted by Crippen LogP contribution is 2.40. The Morgan fingerprint density at radius 3 is 2.80 bits per heavy atom. The first-order chi connectivity index (χ1) is 7.03. The molecule has 0 saturated carbocycles. The van der Waals surface area contributed by atoms with Crippen LogP contribution in [0.2, 0.25) is 0 Å². The Hall–Kier alpha value is 0.300. The minimum Gasteiger partial charge on any atom is -0.338 e. The molecule has 86 valence electrons. The molecule has 0 aromatic heterocycles. The van der Waals surface area contributed by atoms with Crippen molar-refractivity contribution in [3.8, 4) is 0 Å². The van der Waals surface area contributed by atoms with Gasteiger partial charge in [-0.2, -0.15) is 0 Å². The van der Waals surface area contributed by atoms with Gasteiger partial charge >= 0.3 is 0 Å². The van der Waals surface area contributed by atoms with Gasteiger partial charge in [0.1, 0.15) is 0 Å². The van der Waals surface area contributed by atoms with Gasteiger partial charge in [0.25, 0.3) is 0 Å². The second-order valence-corrected chi connectivity index (χ2v) is 7.72. The molecule has 0 N–H and O–H groups in total. The average molecular weight is 292 g/mol. The van der Waals surface area contributed by atoms with Crippen molar-refractivity contribution in [2.45, 2.75) is 48.7 Å². The van der Waals surface area contributed by atoms with Crippen molar-refractivity contribution >= 4 is 33.6 Å². The molecule has 0 aromatic carbocycles. The standard InChI is InChI=1S/C11H18BrNOS/c1-8-6-9(12)7-13(8)10(14)11(2)4-3-5-15-11/h8-9H,3-7H2,1-2H3. The number of hydrogen-bond acceptors (Lipinski definition) is 2. The molecule has 0 aromatic rings. The van der Waals surface area contributed by atoms with Gasteiger partial charge in [-0.15, -0.1) is 11.8 Å². The molecule has 0 spiro atoms. The SMILES string of the molecule is CC1CC(Br)CN1C(=O)C1(C)CCCS1.